The molecule has 0 radical (unpaired) electrons. The molecule has 1 amide bonds. The Hall–Kier alpha value is -3.12. The molecule has 3 aromatic rings. The van der Waals surface area contributed by atoms with Gasteiger partial charge in [0, 0.05) is 4.88 Å². The molecule has 28 heavy (non-hydrogen) atoms. The zero-order chi connectivity index (χ0) is 19.9. The van der Waals surface area contributed by atoms with Gasteiger partial charge in [-0.1, -0.05) is 48.5 Å². The third-order valence-electron chi connectivity index (χ3n) is 3.95. The van der Waals surface area contributed by atoms with Crippen LogP contribution in [0.4, 0.5) is 5.00 Å². The largest absolute Gasteiger partial charge is 0.481 e. The summed E-state index contributed by atoms with van der Waals surface area (Å²) >= 11 is 1.33. The minimum atomic E-state index is -0.722. The molecule has 1 N–H and O–H groups in total. The molecule has 0 bridgehead atoms. The number of hydrogen-bond donors (Lipinski definition) is 1. The van der Waals surface area contributed by atoms with E-state index in [-0.39, 0.29) is 12.5 Å². The van der Waals surface area contributed by atoms with Gasteiger partial charge in [-0.3, -0.25) is 4.79 Å². The average molecular weight is 395 g/mol. The first-order valence-corrected chi connectivity index (χ1v) is 9.79. The van der Waals surface area contributed by atoms with Crippen molar-refractivity contribution in [3.8, 4) is 16.2 Å². The van der Waals surface area contributed by atoms with E-state index in [1.807, 2.05) is 48.5 Å². The first-order chi connectivity index (χ1) is 13.6. The van der Waals surface area contributed by atoms with Crippen LogP contribution < -0.4 is 10.1 Å². The lowest BCUT2D eigenvalue weighted by molar-refractivity contribution is -0.122. The molecule has 1 aromatic heterocycles. The van der Waals surface area contributed by atoms with Crippen LogP contribution in [0.5, 0.6) is 5.75 Å². The molecule has 0 fully saturated rings. The summed E-state index contributed by atoms with van der Waals surface area (Å²) in [5.74, 6) is -0.198. The highest BCUT2D eigenvalue weighted by Crippen LogP contribution is 2.36. The number of hydrogen-bond acceptors (Lipinski definition) is 5. The number of anilines is 1. The predicted octanol–water partition coefficient (Wildman–Crippen LogP) is 5.00. The Balaban J connectivity index is 1.82. The number of ether oxygens (including phenoxy) is 2. The molecule has 2 aromatic carbocycles. The Bertz CT molecular complexity index is 938. The van der Waals surface area contributed by atoms with E-state index in [1.165, 1.54) is 11.3 Å². The SMILES string of the molecule is CCOC(=O)c1cc(-c2ccccc2)sc1NC(=O)[C@@H](C)Oc1ccccc1. The van der Waals surface area contributed by atoms with E-state index in [4.69, 9.17) is 9.47 Å². The summed E-state index contributed by atoms with van der Waals surface area (Å²) in [6, 6.07) is 20.5. The van der Waals surface area contributed by atoms with Crippen LogP contribution in [0.1, 0.15) is 24.2 Å². The number of thiophene rings is 1. The van der Waals surface area contributed by atoms with Gasteiger partial charge in [-0.05, 0) is 37.6 Å². The zero-order valence-electron chi connectivity index (χ0n) is 15.7. The minimum absolute atomic E-state index is 0.260. The summed E-state index contributed by atoms with van der Waals surface area (Å²) in [5, 5.41) is 3.26. The van der Waals surface area contributed by atoms with Crippen LogP contribution in [-0.4, -0.2) is 24.6 Å². The lowest BCUT2D eigenvalue weighted by atomic mass is 10.1. The molecule has 0 unspecified atom stereocenters. The van der Waals surface area contributed by atoms with Crippen LogP contribution >= 0.6 is 11.3 Å². The summed E-state index contributed by atoms with van der Waals surface area (Å²) in [5.41, 5.74) is 1.30. The Kier molecular flexibility index (Phi) is 6.45. The number of carbonyl (C=O) groups is 2. The highest BCUT2D eigenvalue weighted by atomic mass is 32.1. The molecule has 0 aliphatic rings. The van der Waals surface area contributed by atoms with E-state index in [1.54, 1.807) is 32.0 Å². The van der Waals surface area contributed by atoms with Gasteiger partial charge in [0.25, 0.3) is 5.91 Å². The molecular weight excluding hydrogens is 374 g/mol. The zero-order valence-corrected chi connectivity index (χ0v) is 16.5. The van der Waals surface area contributed by atoms with Crippen LogP contribution in [0.15, 0.2) is 66.7 Å². The van der Waals surface area contributed by atoms with Crippen molar-refractivity contribution in [2.45, 2.75) is 20.0 Å². The van der Waals surface area contributed by atoms with Gasteiger partial charge >= 0.3 is 5.97 Å². The lowest BCUT2D eigenvalue weighted by Crippen LogP contribution is -2.30. The van der Waals surface area contributed by atoms with Crippen molar-refractivity contribution in [3.05, 3.63) is 72.3 Å². The molecule has 3 rings (SSSR count). The highest BCUT2D eigenvalue weighted by molar-refractivity contribution is 7.20. The van der Waals surface area contributed by atoms with Crippen LogP contribution in [0.3, 0.4) is 0 Å². The van der Waals surface area contributed by atoms with Crippen LogP contribution in [-0.2, 0) is 9.53 Å². The van der Waals surface area contributed by atoms with Gasteiger partial charge in [0.05, 0.1) is 12.2 Å². The highest BCUT2D eigenvalue weighted by Gasteiger charge is 2.22. The quantitative estimate of drug-likeness (QED) is 0.572. The fourth-order valence-electron chi connectivity index (χ4n) is 2.56. The fraction of sp³-hybridized carbons (Fsp3) is 0.182. The molecule has 0 saturated heterocycles. The molecule has 0 aliphatic carbocycles. The molecule has 1 atom stereocenters. The van der Waals surface area contributed by atoms with E-state index in [0.29, 0.717) is 16.3 Å². The molecule has 0 spiro atoms. The monoisotopic (exact) mass is 395 g/mol. The second kappa shape index (κ2) is 9.19. The topological polar surface area (TPSA) is 64.6 Å². The van der Waals surface area contributed by atoms with Crippen molar-refractivity contribution in [3.63, 3.8) is 0 Å². The molecule has 144 valence electrons. The number of rotatable bonds is 7. The molecule has 1 heterocycles. The molecular formula is C22H21NO4S. The number of benzene rings is 2. The summed E-state index contributed by atoms with van der Waals surface area (Å²) in [4.78, 5) is 25.8. The van der Waals surface area contributed by atoms with Crippen LogP contribution in [0.25, 0.3) is 10.4 Å². The third-order valence-corrected chi connectivity index (χ3v) is 5.05. The number of para-hydroxylation sites is 1. The van der Waals surface area contributed by atoms with Gasteiger partial charge in [0.2, 0.25) is 0 Å². The van der Waals surface area contributed by atoms with E-state index in [9.17, 15) is 9.59 Å². The van der Waals surface area contributed by atoms with Crippen molar-refractivity contribution >= 4 is 28.2 Å². The second-order valence-corrected chi connectivity index (χ2v) is 7.05. The Morgan fingerprint density at radius 3 is 2.32 bits per heavy atom. The van der Waals surface area contributed by atoms with Gasteiger partial charge in [0.1, 0.15) is 10.8 Å². The lowest BCUT2D eigenvalue weighted by Gasteiger charge is -2.14. The normalized spacial score (nSPS) is 11.5. The number of esters is 1. The molecule has 6 heteroatoms. The van der Waals surface area contributed by atoms with E-state index in [2.05, 4.69) is 5.32 Å². The van der Waals surface area contributed by atoms with Crippen molar-refractivity contribution in [2.75, 3.05) is 11.9 Å². The Morgan fingerprint density at radius 1 is 1.04 bits per heavy atom. The third kappa shape index (κ3) is 4.78. The number of carbonyl (C=O) groups excluding carboxylic acids is 2. The standard InChI is InChI=1S/C22H21NO4S/c1-3-26-22(25)18-14-19(16-10-6-4-7-11-16)28-21(18)23-20(24)15(2)27-17-12-8-5-9-13-17/h4-15H,3H2,1-2H3,(H,23,24)/t15-/m1/s1. The number of nitrogens with one attached hydrogen (secondary N) is 1. The van der Waals surface area contributed by atoms with Gasteiger partial charge < -0.3 is 14.8 Å². The van der Waals surface area contributed by atoms with Gasteiger partial charge in [-0.25, -0.2) is 4.79 Å². The maximum Gasteiger partial charge on any atom is 0.341 e. The van der Waals surface area contributed by atoms with E-state index in [0.717, 1.165) is 10.4 Å². The predicted molar refractivity (Wildman–Crippen MR) is 111 cm³/mol. The number of amides is 1. The maximum atomic E-state index is 12.6. The molecule has 0 saturated carbocycles. The fourth-order valence-corrected chi connectivity index (χ4v) is 3.61. The summed E-state index contributed by atoms with van der Waals surface area (Å²) in [6.07, 6.45) is -0.722. The second-order valence-electron chi connectivity index (χ2n) is 6.00. The van der Waals surface area contributed by atoms with Crippen LogP contribution in [0.2, 0.25) is 0 Å². The van der Waals surface area contributed by atoms with E-state index >= 15 is 0 Å². The Labute approximate surface area is 167 Å². The Morgan fingerprint density at radius 2 is 1.68 bits per heavy atom. The summed E-state index contributed by atoms with van der Waals surface area (Å²) in [7, 11) is 0. The maximum absolute atomic E-state index is 12.6. The summed E-state index contributed by atoms with van der Waals surface area (Å²) < 4.78 is 10.8. The van der Waals surface area contributed by atoms with Gasteiger partial charge in [0.15, 0.2) is 6.10 Å². The van der Waals surface area contributed by atoms with Gasteiger partial charge in [-0.2, -0.15) is 0 Å². The van der Waals surface area contributed by atoms with Crippen molar-refractivity contribution in [1.82, 2.24) is 0 Å². The van der Waals surface area contributed by atoms with Crippen molar-refractivity contribution in [2.24, 2.45) is 0 Å². The smallest absolute Gasteiger partial charge is 0.341 e. The minimum Gasteiger partial charge on any atom is -0.481 e. The first-order valence-electron chi connectivity index (χ1n) is 8.97. The van der Waals surface area contributed by atoms with Crippen LogP contribution in [0, 0.1) is 0 Å². The van der Waals surface area contributed by atoms with Crippen molar-refractivity contribution in [1.29, 1.82) is 0 Å². The molecule has 5 nitrogen and oxygen atoms in total. The van der Waals surface area contributed by atoms with Crippen molar-refractivity contribution < 1.29 is 19.1 Å². The average Bonchev–Trinajstić information content (AvgIpc) is 3.13. The van der Waals surface area contributed by atoms with E-state index < -0.39 is 12.1 Å². The van der Waals surface area contributed by atoms with Gasteiger partial charge in [-0.15, -0.1) is 11.3 Å². The molecule has 0 aliphatic heterocycles. The summed E-state index contributed by atoms with van der Waals surface area (Å²) in [6.45, 7) is 3.67. The first kappa shape index (κ1) is 19.6.